The Morgan fingerprint density at radius 2 is 1.82 bits per heavy atom. The van der Waals surface area contributed by atoms with Gasteiger partial charge in [0.1, 0.15) is 5.69 Å². The molecule has 1 aliphatic rings. The summed E-state index contributed by atoms with van der Waals surface area (Å²) in [4.78, 5) is 32.9. The predicted octanol–water partition coefficient (Wildman–Crippen LogP) is 4.76. The van der Waals surface area contributed by atoms with Crippen LogP contribution in [0.25, 0.3) is 10.8 Å². The molecular formula is C22H22N2O3S. The number of hydrogen-bond donors (Lipinski definition) is 0. The molecule has 4 rings (SSSR count). The SMILES string of the molecule is Cc1ccc(C(=O)C2CCN(C(=O)c3nc(-c4ccco4)sc3C)CC2)cc1. The third-order valence-corrected chi connectivity index (χ3v) is 6.21. The van der Waals surface area contributed by atoms with E-state index in [4.69, 9.17) is 4.42 Å². The number of amides is 1. The molecule has 0 spiro atoms. The summed E-state index contributed by atoms with van der Waals surface area (Å²) in [5.41, 5.74) is 2.39. The summed E-state index contributed by atoms with van der Waals surface area (Å²) in [7, 11) is 0. The number of rotatable bonds is 4. The molecule has 144 valence electrons. The van der Waals surface area contributed by atoms with Crippen molar-refractivity contribution in [1.82, 2.24) is 9.88 Å². The van der Waals surface area contributed by atoms with E-state index in [0.717, 1.165) is 21.0 Å². The van der Waals surface area contributed by atoms with Crippen molar-refractivity contribution in [3.63, 3.8) is 0 Å². The summed E-state index contributed by atoms with van der Waals surface area (Å²) in [5.74, 6) is 0.765. The van der Waals surface area contributed by atoms with Crippen LogP contribution in [0.2, 0.25) is 0 Å². The van der Waals surface area contributed by atoms with E-state index in [0.29, 0.717) is 37.4 Å². The molecule has 1 aliphatic heterocycles. The molecule has 0 N–H and O–H groups in total. The quantitative estimate of drug-likeness (QED) is 0.599. The van der Waals surface area contributed by atoms with E-state index in [1.54, 1.807) is 6.26 Å². The first-order valence-corrected chi connectivity index (χ1v) is 10.3. The summed E-state index contributed by atoms with van der Waals surface area (Å²) in [6.45, 7) is 5.07. The minimum absolute atomic E-state index is 0.0260. The number of furan rings is 1. The smallest absolute Gasteiger partial charge is 0.273 e. The minimum Gasteiger partial charge on any atom is -0.462 e. The molecular weight excluding hydrogens is 372 g/mol. The first-order valence-electron chi connectivity index (χ1n) is 9.44. The van der Waals surface area contributed by atoms with Gasteiger partial charge < -0.3 is 9.32 Å². The van der Waals surface area contributed by atoms with E-state index in [-0.39, 0.29) is 17.6 Å². The maximum atomic E-state index is 12.9. The highest BCUT2D eigenvalue weighted by Gasteiger charge is 2.30. The Morgan fingerprint density at radius 1 is 1.11 bits per heavy atom. The number of aromatic nitrogens is 1. The largest absolute Gasteiger partial charge is 0.462 e. The number of likely N-dealkylation sites (tertiary alicyclic amines) is 1. The number of aryl methyl sites for hydroxylation is 2. The molecule has 2 aromatic heterocycles. The van der Waals surface area contributed by atoms with Gasteiger partial charge in [-0.15, -0.1) is 11.3 Å². The number of carbonyl (C=O) groups is 2. The number of thiazole rings is 1. The molecule has 0 radical (unpaired) electrons. The second-order valence-corrected chi connectivity index (χ2v) is 8.40. The molecule has 0 unspecified atom stereocenters. The van der Waals surface area contributed by atoms with Gasteiger partial charge >= 0.3 is 0 Å². The van der Waals surface area contributed by atoms with Gasteiger partial charge in [-0.3, -0.25) is 9.59 Å². The van der Waals surface area contributed by atoms with Crippen molar-refractivity contribution in [3.8, 4) is 10.8 Å². The fourth-order valence-corrected chi connectivity index (χ4v) is 4.42. The molecule has 0 bridgehead atoms. The van der Waals surface area contributed by atoms with Crippen LogP contribution in [0.5, 0.6) is 0 Å². The van der Waals surface area contributed by atoms with Crippen molar-refractivity contribution in [2.75, 3.05) is 13.1 Å². The Balaban J connectivity index is 1.42. The number of hydrogen-bond acceptors (Lipinski definition) is 5. The normalized spacial score (nSPS) is 15.0. The number of carbonyl (C=O) groups excluding carboxylic acids is 2. The van der Waals surface area contributed by atoms with Crippen LogP contribution in [0.4, 0.5) is 0 Å². The van der Waals surface area contributed by atoms with Gasteiger partial charge in [-0.1, -0.05) is 29.8 Å². The minimum atomic E-state index is -0.0622. The van der Waals surface area contributed by atoms with Crippen LogP contribution in [0, 0.1) is 19.8 Å². The van der Waals surface area contributed by atoms with Crippen molar-refractivity contribution in [3.05, 3.63) is 64.4 Å². The molecule has 5 nitrogen and oxygen atoms in total. The number of piperidine rings is 1. The van der Waals surface area contributed by atoms with E-state index >= 15 is 0 Å². The molecule has 6 heteroatoms. The lowest BCUT2D eigenvalue weighted by molar-refractivity contribution is 0.0645. The van der Waals surface area contributed by atoms with Crippen molar-refractivity contribution in [2.45, 2.75) is 26.7 Å². The van der Waals surface area contributed by atoms with Crippen LogP contribution in [0.1, 0.15) is 44.1 Å². The fraction of sp³-hybridized carbons (Fsp3) is 0.318. The summed E-state index contributed by atoms with van der Waals surface area (Å²) >= 11 is 1.46. The third kappa shape index (κ3) is 3.64. The lowest BCUT2D eigenvalue weighted by Crippen LogP contribution is -2.40. The van der Waals surface area contributed by atoms with Gasteiger partial charge in [0.2, 0.25) is 0 Å². The van der Waals surface area contributed by atoms with E-state index in [2.05, 4.69) is 4.98 Å². The van der Waals surface area contributed by atoms with Gasteiger partial charge in [-0.05, 0) is 38.8 Å². The molecule has 0 atom stereocenters. The average Bonchev–Trinajstić information content (AvgIpc) is 3.37. The number of ketones is 1. The Labute approximate surface area is 168 Å². The van der Waals surface area contributed by atoms with Gasteiger partial charge in [-0.25, -0.2) is 4.98 Å². The Kier molecular flexibility index (Phi) is 5.13. The van der Waals surface area contributed by atoms with Crippen LogP contribution in [-0.2, 0) is 0 Å². The second-order valence-electron chi connectivity index (χ2n) is 7.20. The molecule has 0 saturated carbocycles. The lowest BCUT2D eigenvalue weighted by Gasteiger charge is -2.31. The van der Waals surface area contributed by atoms with E-state index < -0.39 is 0 Å². The van der Waals surface area contributed by atoms with Crippen molar-refractivity contribution < 1.29 is 14.0 Å². The first kappa shape index (κ1) is 18.6. The van der Waals surface area contributed by atoms with Gasteiger partial charge in [0.15, 0.2) is 16.6 Å². The molecule has 3 heterocycles. The van der Waals surface area contributed by atoms with Crippen LogP contribution in [0.3, 0.4) is 0 Å². The van der Waals surface area contributed by atoms with Crippen LogP contribution < -0.4 is 0 Å². The zero-order valence-electron chi connectivity index (χ0n) is 16.0. The molecule has 3 aromatic rings. The molecule has 1 amide bonds. The first-order chi connectivity index (χ1) is 13.5. The lowest BCUT2D eigenvalue weighted by atomic mass is 9.88. The van der Waals surface area contributed by atoms with Gasteiger partial charge in [-0.2, -0.15) is 0 Å². The molecule has 1 fully saturated rings. The summed E-state index contributed by atoms with van der Waals surface area (Å²) < 4.78 is 5.39. The van der Waals surface area contributed by atoms with Gasteiger partial charge in [0.25, 0.3) is 5.91 Å². The Hall–Kier alpha value is -2.73. The van der Waals surface area contributed by atoms with Crippen LogP contribution in [-0.4, -0.2) is 34.7 Å². The van der Waals surface area contributed by atoms with Gasteiger partial charge in [0.05, 0.1) is 6.26 Å². The summed E-state index contributed by atoms with van der Waals surface area (Å²) in [5, 5.41) is 0.718. The topological polar surface area (TPSA) is 63.4 Å². The number of nitrogens with zero attached hydrogens (tertiary/aromatic N) is 2. The Morgan fingerprint density at radius 3 is 2.46 bits per heavy atom. The third-order valence-electron chi connectivity index (χ3n) is 5.22. The van der Waals surface area contributed by atoms with E-state index in [1.165, 1.54) is 11.3 Å². The highest BCUT2D eigenvalue weighted by atomic mass is 32.1. The second kappa shape index (κ2) is 7.72. The average molecular weight is 394 g/mol. The maximum absolute atomic E-state index is 12.9. The number of benzene rings is 1. The van der Waals surface area contributed by atoms with Crippen molar-refractivity contribution in [2.24, 2.45) is 5.92 Å². The van der Waals surface area contributed by atoms with E-state index in [1.807, 2.05) is 55.1 Å². The maximum Gasteiger partial charge on any atom is 0.273 e. The molecule has 1 saturated heterocycles. The summed E-state index contributed by atoms with van der Waals surface area (Å²) in [6, 6.07) is 11.4. The van der Waals surface area contributed by atoms with E-state index in [9.17, 15) is 9.59 Å². The summed E-state index contributed by atoms with van der Waals surface area (Å²) in [6.07, 6.45) is 2.97. The van der Waals surface area contributed by atoms with Crippen molar-refractivity contribution in [1.29, 1.82) is 0 Å². The van der Waals surface area contributed by atoms with Crippen molar-refractivity contribution >= 4 is 23.0 Å². The highest BCUT2D eigenvalue weighted by molar-refractivity contribution is 7.15. The highest BCUT2D eigenvalue weighted by Crippen LogP contribution is 2.30. The standard InChI is InChI=1S/C22H22N2O3S/c1-14-5-7-16(8-6-14)20(25)17-9-11-24(12-10-17)22(26)19-15(2)28-21(23-19)18-4-3-13-27-18/h3-8,13,17H,9-12H2,1-2H3. The number of Topliss-reactive ketones (excluding diaryl/α,β-unsaturated/α-hetero) is 1. The predicted molar refractivity (Wildman–Crippen MR) is 109 cm³/mol. The molecule has 28 heavy (non-hydrogen) atoms. The fourth-order valence-electron chi connectivity index (χ4n) is 3.55. The zero-order valence-corrected chi connectivity index (χ0v) is 16.8. The Bertz CT molecular complexity index is 981. The molecule has 1 aromatic carbocycles. The van der Waals surface area contributed by atoms with Gasteiger partial charge in [0, 0.05) is 29.4 Å². The zero-order chi connectivity index (χ0) is 19.7. The van der Waals surface area contributed by atoms with Crippen LogP contribution in [0.15, 0.2) is 47.1 Å². The van der Waals surface area contributed by atoms with Crippen LogP contribution >= 0.6 is 11.3 Å². The monoisotopic (exact) mass is 394 g/mol. The molecule has 0 aliphatic carbocycles.